The summed E-state index contributed by atoms with van der Waals surface area (Å²) >= 11 is 0. The molecule has 16 heavy (non-hydrogen) atoms. The Kier molecular flexibility index (Phi) is 4.98. The molecular formula is C11H17NO4. The van der Waals surface area contributed by atoms with Gasteiger partial charge in [-0.15, -0.1) is 0 Å². The summed E-state index contributed by atoms with van der Waals surface area (Å²) in [5.41, 5.74) is 0. The first kappa shape index (κ1) is 12.7. The van der Waals surface area contributed by atoms with Crippen molar-refractivity contribution < 1.29 is 19.4 Å². The van der Waals surface area contributed by atoms with Crippen molar-refractivity contribution >= 4 is 11.9 Å². The Balaban J connectivity index is 2.48. The number of carbonyl (C=O) groups is 2. The number of methoxy groups -OCH3 is 1. The van der Waals surface area contributed by atoms with Gasteiger partial charge in [0.15, 0.2) is 6.04 Å². The second-order valence-electron chi connectivity index (χ2n) is 3.75. The van der Waals surface area contributed by atoms with E-state index in [9.17, 15) is 9.59 Å². The first-order valence-electron chi connectivity index (χ1n) is 5.33. The number of carbonyl (C=O) groups excluding carboxylic acids is 2. The summed E-state index contributed by atoms with van der Waals surface area (Å²) in [6.45, 7) is -0.443. The first-order chi connectivity index (χ1) is 7.69. The van der Waals surface area contributed by atoms with Gasteiger partial charge in [0.2, 0.25) is 5.91 Å². The number of nitrogens with one attached hydrogen (secondary N) is 1. The maximum absolute atomic E-state index is 11.7. The third-order valence-corrected chi connectivity index (χ3v) is 2.62. The number of hydrogen-bond acceptors (Lipinski definition) is 4. The van der Waals surface area contributed by atoms with Gasteiger partial charge in [-0.3, -0.25) is 4.79 Å². The molecule has 2 N–H and O–H groups in total. The summed E-state index contributed by atoms with van der Waals surface area (Å²) in [5.74, 6) is -0.931. The van der Waals surface area contributed by atoms with Gasteiger partial charge in [0.05, 0.1) is 13.7 Å². The predicted octanol–water partition coefficient (Wildman–Crippen LogP) is -0.00720. The maximum atomic E-state index is 11.7. The van der Waals surface area contributed by atoms with Crippen molar-refractivity contribution in [3.63, 3.8) is 0 Å². The Bertz CT molecular complexity index is 288. The largest absolute Gasteiger partial charge is 0.467 e. The van der Waals surface area contributed by atoms with Gasteiger partial charge >= 0.3 is 5.97 Å². The summed E-state index contributed by atoms with van der Waals surface area (Å²) < 4.78 is 4.46. The molecule has 0 spiro atoms. The molecule has 5 nitrogen and oxygen atoms in total. The Hall–Kier alpha value is -1.36. The Morgan fingerprint density at radius 2 is 2.31 bits per heavy atom. The Morgan fingerprint density at radius 3 is 2.81 bits per heavy atom. The minimum Gasteiger partial charge on any atom is -0.467 e. The highest BCUT2D eigenvalue weighted by Gasteiger charge is 2.25. The van der Waals surface area contributed by atoms with Gasteiger partial charge in [0, 0.05) is 5.92 Å². The molecule has 0 aromatic carbocycles. The third kappa shape index (κ3) is 3.34. The lowest BCUT2D eigenvalue weighted by molar-refractivity contribution is -0.146. The smallest absolute Gasteiger partial charge is 0.330 e. The van der Waals surface area contributed by atoms with Crippen molar-refractivity contribution in [1.29, 1.82) is 0 Å². The van der Waals surface area contributed by atoms with Crippen LogP contribution < -0.4 is 5.32 Å². The summed E-state index contributed by atoms with van der Waals surface area (Å²) in [5, 5.41) is 11.4. The van der Waals surface area contributed by atoms with Gasteiger partial charge in [-0.05, 0) is 19.3 Å². The van der Waals surface area contributed by atoms with Crippen LogP contribution in [-0.2, 0) is 14.3 Å². The quantitative estimate of drug-likeness (QED) is 0.523. The van der Waals surface area contributed by atoms with Crippen molar-refractivity contribution in [1.82, 2.24) is 5.32 Å². The van der Waals surface area contributed by atoms with Gasteiger partial charge in [-0.2, -0.15) is 0 Å². The molecule has 1 aliphatic carbocycles. The number of rotatable bonds is 4. The fraction of sp³-hybridized carbons (Fsp3) is 0.636. The minimum absolute atomic E-state index is 0.108. The lowest BCUT2D eigenvalue weighted by atomic mass is 9.93. The van der Waals surface area contributed by atoms with E-state index >= 15 is 0 Å². The second kappa shape index (κ2) is 6.27. The molecule has 5 heteroatoms. The second-order valence-corrected chi connectivity index (χ2v) is 3.75. The summed E-state index contributed by atoms with van der Waals surface area (Å²) in [6.07, 6.45) is 6.33. The van der Waals surface area contributed by atoms with E-state index in [1.165, 1.54) is 7.11 Å². The number of aliphatic hydroxyl groups excluding tert-OH is 1. The third-order valence-electron chi connectivity index (χ3n) is 2.62. The van der Waals surface area contributed by atoms with E-state index in [2.05, 4.69) is 10.1 Å². The van der Waals surface area contributed by atoms with Crippen molar-refractivity contribution in [2.75, 3.05) is 13.7 Å². The lowest BCUT2D eigenvalue weighted by Crippen LogP contribution is -2.46. The van der Waals surface area contributed by atoms with Crippen LogP contribution in [0.3, 0.4) is 0 Å². The van der Waals surface area contributed by atoms with E-state index in [0.29, 0.717) is 6.42 Å². The highest BCUT2D eigenvalue weighted by atomic mass is 16.5. The highest BCUT2D eigenvalue weighted by Crippen LogP contribution is 2.18. The number of hydrogen-bond donors (Lipinski definition) is 2. The SMILES string of the molecule is COC(=O)C(CO)NC(=O)C1CC=CCC1. The standard InChI is InChI=1S/C11H17NO4/c1-16-11(15)9(7-13)12-10(14)8-5-3-2-4-6-8/h2-3,8-9,13H,4-7H2,1H3,(H,12,14). The molecular weight excluding hydrogens is 210 g/mol. The molecule has 0 aromatic rings. The Labute approximate surface area is 94.5 Å². The van der Waals surface area contributed by atoms with Crippen LogP contribution in [0.15, 0.2) is 12.2 Å². The van der Waals surface area contributed by atoms with Crippen molar-refractivity contribution in [3.05, 3.63) is 12.2 Å². The van der Waals surface area contributed by atoms with E-state index in [1.54, 1.807) is 0 Å². The Morgan fingerprint density at radius 1 is 1.56 bits per heavy atom. The zero-order valence-electron chi connectivity index (χ0n) is 9.31. The summed E-state index contributed by atoms with van der Waals surface area (Å²) in [4.78, 5) is 22.9. The molecule has 2 atom stereocenters. The molecule has 1 amide bonds. The van der Waals surface area contributed by atoms with E-state index in [-0.39, 0.29) is 11.8 Å². The number of esters is 1. The van der Waals surface area contributed by atoms with Crippen LogP contribution in [0, 0.1) is 5.92 Å². The normalized spacial score (nSPS) is 21.2. The molecule has 2 unspecified atom stereocenters. The van der Waals surface area contributed by atoms with Gasteiger partial charge in [0.1, 0.15) is 0 Å². The van der Waals surface area contributed by atoms with Crippen LogP contribution in [0.4, 0.5) is 0 Å². The maximum Gasteiger partial charge on any atom is 0.330 e. The average molecular weight is 227 g/mol. The van der Waals surface area contributed by atoms with E-state index in [4.69, 9.17) is 5.11 Å². The molecule has 0 heterocycles. The first-order valence-corrected chi connectivity index (χ1v) is 5.33. The molecule has 0 aromatic heterocycles. The predicted molar refractivity (Wildman–Crippen MR) is 57.5 cm³/mol. The fourth-order valence-electron chi connectivity index (χ4n) is 1.64. The molecule has 1 rings (SSSR count). The van der Waals surface area contributed by atoms with Gasteiger partial charge < -0.3 is 15.2 Å². The number of ether oxygens (including phenoxy) is 1. The van der Waals surface area contributed by atoms with Crippen molar-refractivity contribution in [3.8, 4) is 0 Å². The molecule has 0 saturated heterocycles. The zero-order valence-corrected chi connectivity index (χ0v) is 9.31. The number of aliphatic hydroxyl groups is 1. The zero-order chi connectivity index (χ0) is 12.0. The monoisotopic (exact) mass is 227 g/mol. The van der Waals surface area contributed by atoms with Gasteiger partial charge in [0.25, 0.3) is 0 Å². The molecule has 0 radical (unpaired) electrons. The van der Waals surface area contributed by atoms with Crippen LogP contribution >= 0.6 is 0 Å². The molecule has 0 saturated carbocycles. The van der Waals surface area contributed by atoms with Crippen LogP contribution in [0.25, 0.3) is 0 Å². The van der Waals surface area contributed by atoms with E-state index < -0.39 is 18.6 Å². The molecule has 90 valence electrons. The number of allylic oxidation sites excluding steroid dienone is 2. The molecule has 0 aliphatic heterocycles. The van der Waals surface area contributed by atoms with Crippen LogP contribution in [0.1, 0.15) is 19.3 Å². The van der Waals surface area contributed by atoms with Gasteiger partial charge in [-0.25, -0.2) is 4.79 Å². The van der Waals surface area contributed by atoms with E-state index in [0.717, 1.165) is 12.8 Å². The summed E-state index contributed by atoms with van der Waals surface area (Å²) in [7, 11) is 1.22. The van der Waals surface area contributed by atoms with E-state index in [1.807, 2.05) is 12.2 Å². The molecule has 1 aliphatic rings. The molecule has 0 fully saturated rings. The number of amides is 1. The van der Waals surface area contributed by atoms with Crippen LogP contribution in [-0.4, -0.2) is 36.7 Å². The van der Waals surface area contributed by atoms with Crippen LogP contribution in [0.5, 0.6) is 0 Å². The van der Waals surface area contributed by atoms with Gasteiger partial charge in [-0.1, -0.05) is 12.2 Å². The molecule has 0 bridgehead atoms. The fourth-order valence-corrected chi connectivity index (χ4v) is 1.64. The topological polar surface area (TPSA) is 75.6 Å². The van der Waals surface area contributed by atoms with Crippen molar-refractivity contribution in [2.45, 2.75) is 25.3 Å². The van der Waals surface area contributed by atoms with Crippen molar-refractivity contribution in [2.24, 2.45) is 5.92 Å². The summed E-state index contributed by atoms with van der Waals surface area (Å²) in [6, 6.07) is -0.955. The highest BCUT2D eigenvalue weighted by molar-refractivity contribution is 5.85. The average Bonchev–Trinajstić information content (AvgIpc) is 2.35. The minimum atomic E-state index is -0.955. The van der Waals surface area contributed by atoms with Crippen LogP contribution in [0.2, 0.25) is 0 Å². The lowest BCUT2D eigenvalue weighted by Gasteiger charge is -2.20.